The Labute approximate surface area is 245 Å². The first-order valence-corrected chi connectivity index (χ1v) is 13.3. The first-order chi connectivity index (χ1) is 20.2. The third kappa shape index (κ3) is 7.14. The van der Waals surface area contributed by atoms with Crippen LogP contribution in [0, 0.1) is 11.6 Å². The number of fused-ring (bicyclic) bond motifs is 1. The van der Waals surface area contributed by atoms with Crippen LogP contribution in [0.5, 0.6) is 17.2 Å². The smallest absolute Gasteiger partial charge is 0.257 e. The van der Waals surface area contributed by atoms with Gasteiger partial charge in [-0.3, -0.25) is 14.6 Å². The number of hydrogen-bond donors (Lipinski definition) is 4. The van der Waals surface area contributed by atoms with Crippen LogP contribution in [-0.4, -0.2) is 46.8 Å². The molecule has 4 aromatic rings. The summed E-state index contributed by atoms with van der Waals surface area (Å²) in [6, 6.07) is 14.2. The highest BCUT2D eigenvalue weighted by Gasteiger charge is 2.22. The van der Waals surface area contributed by atoms with E-state index in [1.807, 2.05) is 6.92 Å². The number of aromatic nitrogens is 1. The Balaban J connectivity index is 1.50. The molecule has 42 heavy (non-hydrogen) atoms. The average molecular weight is 595 g/mol. The summed E-state index contributed by atoms with van der Waals surface area (Å²) in [7, 11) is 1.42. The normalized spacial score (nSPS) is 11.5. The summed E-state index contributed by atoms with van der Waals surface area (Å²) in [5, 5.41) is 17.8. The standard InChI is InChI=1S/C30H28F2N4O5S/c1-3-18(16-37)34-29(39)27-25(40-2)11-9-20-23(12-13-33-28(20)27)41-24-10-8-19(15-22(24)32)35-30(42)36-26(38)14-17-6-4-5-7-21(17)31/h4-13,15,18,37H,3,14,16H2,1-2H3,(H,34,39)(H2,35,36,38,42). The van der Waals surface area contributed by atoms with Crippen LogP contribution in [0.25, 0.3) is 10.9 Å². The van der Waals surface area contributed by atoms with E-state index >= 15 is 4.39 Å². The molecule has 0 spiro atoms. The van der Waals surface area contributed by atoms with Gasteiger partial charge in [0.2, 0.25) is 5.91 Å². The zero-order valence-electron chi connectivity index (χ0n) is 22.7. The Morgan fingerprint density at radius 2 is 1.79 bits per heavy atom. The zero-order chi connectivity index (χ0) is 30.2. The van der Waals surface area contributed by atoms with Gasteiger partial charge in [0.15, 0.2) is 16.7 Å². The summed E-state index contributed by atoms with van der Waals surface area (Å²) in [6.45, 7) is 1.60. The van der Waals surface area contributed by atoms with Crippen molar-refractivity contribution in [2.45, 2.75) is 25.8 Å². The minimum Gasteiger partial charge on any atom is -0.496 e. The van der Waals surface area contributed by atoms with Gasteiger partial charge in [0.25, 0.3) is 5.91 Å². The number of carbonyl (C=O) groups is 2. The number of methoxy groups -OCH3 is 1. The van der Waals surface area contributed by atoms with E-state index < -0.39 is 29.5 Å². The SMILES string of the molecule is CCC(CO)NC(=O)c1c(OC)ccc2c(Oc3ccc(NC(=S)NC(=O)Cc4ccccc4F)cc3F)ccnc12. The van der Waals surface area contributed by atoms with Gasteiger partial charge in [-0.05, 0) is 60.6 Å². The van der Waals surface area contributed by atoms with E-state index in [9.17, 15) is 19.1 Å². The largest absolute Gasteiger partial charge is 0.496 e. The number of hydrogen-bond acceptors (Lipinski definition) is 7. The lowest BCUT2D eigenvalue weighted by molar-refractivity contribution is -0.119. The van der Waals surface area contributed by atoms with Gasteiger partial charge >= 0.3 is 0 Å². The molecule has 218 valence electrons. The molecule has 12 heteroatoms. The van der Waals surface area contributed by atoms with Gasteiger partial charge in [0, 0.05) is 23.3 Å². The van der Waals surface area contributed by atoms with E-state index in [2.05, 4.69) is 20.9 Å². The summed E-state index contributed by atoms with van der Waals surface area (Å²) >= 11 is 5.14. The number of carbonyl (C=O) groups excluding carboxylic acids is 2. The maximum absolute atomic E-state index is 15.1. The topological polar surface area (TPSA) is 122 Å². The molecule has 0 fully saturated rings. The number of rotatable bonds is 10. The van der Waals surface area contributed by atoms with Gasteiger partial charge in [-0.15, -0.1) is 0 Å². The first-order valence-electron chi connectivity index (χ1n) is 12.9. The highest BCUT2D eigenvalue weighted by molar-refractivity contribution is 7.80. The molecule has 0 saturated heterocycles. The predicted molar refractivity (Wildman–Crippen MR) is 158 cm³/mol. The number of aliphatic hydroxyl groups is 1. The molecular weight excluding hydrogens is 566 g/mol. The van der Waals surface area contributed by atoms with Gasteiger partial charge < -0.3 is 30.5 Å². The third-order valence-electron chi connectivity index (χ3n) is 6.30. The number of nitrogens with one attached hydrogen (secondary N) is 3. The van der Waals surface area contributed by atoms with Crippen LogP contribution >= 0.6 is 12.2 Å². The number of thiocarbonyl (C=S) groups is 1. The molecule has 1 atom stereocenters. The van der Waals surface area contributed by atoms with Crippen molar-refractivity contribution in [1.82, 2.24) is 15.6 Å². The number of nitrogens with zero attached hydrogens (tertiary/aromatic N) is 1. The Morgan fingerprint density at radius 3 is 2.48 bits per heavy atom. The van der Waals surface area contributed by atoms with Crippen LogP contribution in [-0.2, 0) is 11.2 Å². The lowest BCUT2D eigenvalue weighted by Crippen LogP contribution is -2.37. The summed E-state index contributed by atoms with van der Waals surface area (Å²) in [4.78, 5) is 29.7. The molecule has 0 aliphatic heterocycles. The van der Waals surface area contributed by atoms with Gasteiger partial charge in [0.05, 0.1) is 31.7 Å². The van der Waals surface area contributed by atoms with Crippen molar-refractivity contribution in [3.63, 3.8) is 0 Å². The van der Waals surface area contributed by atoms with Crippen molar-refractivity contribution >= 4 is 45.7 Å². The second kappa shape index (κ2) is 13.8. The highest BCUT2D eigenvalue weighted by Crippen LogP contribution is 2.35. The average Bonchev–Trinajstić information content (AvgIpc) is 2.97. The van der Waals surface area contributed by atoms with Crippen molar-refractivity contribution in [2.24, 2.45) is 0 Å². The molecule has 1 aromatic heterocycles. The number of pyridine rings is 1. The number of amides is 2. The number of anilines is 1. The molecule has 0 aliphatic carbocycles. The van der Waals surface area contributed by atoms with Crippen molar-refractivity contribution in [1.29, 1.82) is 0 Å². The van der Waals surface area contributed by atoms with Crippen LogP contribution < -0.4 is 25.4 Å². The fraction of sp³-hybridized carbons (Fsp3) is 0.200. The van der Waals surface area contributed by atoms with Crippen molar-refractivity contribution in [2.75, 3.05) is 19.0 Å². The maximum Gasteiger partial charge on any atom is 0.257 e. The Kier molecular flexibility index (Phi) is 9.94. The highest BCUT2D eigenvalue weighted by atomic mass is 32.1. The minimum absolute atomic E-state index is 0.0872. The number of halogens is 2. The summed E-state index contributed by atoms with van der Waals surface area (Å²) in [5.41, 5.74) is 0.884. The fourth-order valence-electron chi connectivity index (χ4n) is 4.12. The van der Waals surface area contributed by atoms with Crippen LogP contribution in [0.4, 0.5) is 14.5 Å². The van der Waals surface area contributed by atoms with E-state index in [1.54, 1.807) is 18.2 Å². The molecule has 0 saturated carbocycles. The van der Waals surface area contributed by atoms with Crippen molar-refractivity contribution in [3.05, 3.63) is 89.6 Å². The molecule has 4 N–H and O–H groups in total. The molecule has 1 heterocycles. The molecule has 2 amide bonds. The third-order valence-corrected chi connectivity index (χ3v) is 6.51. The first kappa shape index (κ1) is 30.3. The Morgan fingerprint density at radius 1 is 1.02 bits per heavy atom. The van der Waals surface area contributed by atoms with Crippen LogP contribution in [0.1, 0.15) is 29.3 Å². The molecule has 1 unspecified atom stereocenters. The van der Waals surface area contributed by atoms with Crippen LogP contribution in [0.2, 0.25) is 0 Å². The molecule has 4 rings (SSSR count). The van der Waals surface area contributed by atoms with E-state index in [1.165, 1.54) is 49.7 Å². The molecule has 9 nitrogen and oxygen atoms in total. The van der Waals surface area contributed by atoms with Crippen LogP contribution in [0.15, 0.2) is 66.9 Å². The minimum atomic E-state index is -0.731. The summed E-state index contributed by atoms with van der Waals surface area (Å²) < 4.78 is 40.1. The van der Waals surface area contributed by atoms with Gasteiger partial charge in [-0.1, -0.05) is 25.1 Å². The number of aliphatic hydroxyl groups excluding tert-OH is 1. The van der Waals surface area contributed by atoms with Crippen molar-refractivity contribution < 1.29 is 33.0 Å². The Bertz CT molecular complexity index is 1630. The molecule has 0 bridgehead atoms. The monoisotopic (exact) mass is 594 g/mol. The molecular formula is C30H28F2N4O5S. The second-order valence-corrected chi connectivity index (χ2v) is 9.54. The lowest BCUT2D eigenvalue weighted by atomic mass is 10.1. The van der Waals surface area contributed by atoms with Gasteiger partial charge in [-0.2, -0.15) is 0 Å². The van der Waals surface area contributed by atoms with Crippen molar-refractivity contribution in [3.8, 4) is 17.2 Å². The molecule has 3 aromatic carbocycles. The Hall–Kier alpha value is -4.68. The second-order valence-electron chi connectivity index (χ2n) is 9.13. The molecule has 0 radical (unpaired) electrons. The predicted octanol–water partition coefficient (Wildman–Crippen LogP) is 4.87. The maximum atomic E-state index is 15.1. The fourth-order valence-corrected chi connectivity index (χ4v) is 4.35. The summed E-state index contributed by atoms with van der Waals surface area (Å²) in [5.74, 6) is -1.86. The number of ether oxygens (including phenoxy) is 2. The van der Waals surface area contributed by atoms with Crippen LogP contribution in [0.3, 0.4) is 0 Å². The quantitative estimate of drug-likeness (QED) is 0.192. The van der Waals surface area contributed by atoms with E-state index in [0.717, 1.165) is 6.07 Å². The zero-order valence-corrected chi connectivity index (χ0v) is 23.6. The van der Waals surface area contributed by atoms with Gasteiger partial charge in [-0.25, -0.2) is 8.78 Å². The van der Waals surface area contributed by atoms with E-state index in [-0.39, 0.29) is 57.7 Å². The van der Waals surface area contributed by atoms with Gasteiger partial charge in [0.1, 0.15) is 22.9 Å². The van der Waals surface area contributed by atoms with E-state index in [4.69, 9.17) is 21.7 Å². The number of benzene rings is 3. The lowest BCUT2D eigenvalue weighted by Gasteiger charge is -2.17. The summed E-state index contributed by atoms with van der Waals surface area (Å²) in [6.07, 6.45) is 1.73. The van der Waals surface area contributed by atoms with E-state index in [0.29, 0.717) is 11.8 Å². The molecule has 0 aliphatic rings.